The molecule has 1 saturated heterocycles. The fourth-order valence-corrected chi connectivity index (χ4v) is 2.15. The van der Waals surface area contributed by atoms with E-state index in [2.05, 4.69) is 13.8 Å². The van der Waals surface area contributed by atoms with Crippen molar-refractivity contribution in [3.63, 3.8) is 0 Å². The zero-order chi connectivity index (χ0) is 11.3. The molecule has 1 fully saturated rings. The molecular formula is C12H24N2O. The fraction of sp³-hybridized carbons (Fsp3) is 0.917. The number of hydrogen-bond donors (Lipinski definition) is 1. The molecule has 0 bridgehead atoms. The first-order valence-electron chi connectivity index (χ1n) is 6.15. The Balaban J connectivity index is 2.46. The molecule has 15 heavy (non-hydrogen) atoms. The Bertz CT molecular complexity index is 206. The molecule has 0 aromatic heterocycles. The first-order valence-corrected chi connectivity index (χ1v) is 6.15. The molecule has 2 N–H and O–H groups in total. The van der Waals surface area contributed by atoms with Gasteiger partial charge in [-0.2, -0.15) is 0 Å². The van der Waals surface area contributed by atoms with E-state index in [1.807, 2.05) is 4.90 Å². The third-order valence-corrected chi connectivity index (χ3v) is 3.44. The van der Waals surface area contributed by atoms with Crippen LogP contribution >= 0.6 is 0 Å². The third-order valence-electron chi connectivity index (χ3n) is 3.44. The van der Waals surface area contributed by atoms with Crippen LogP contribution in [-0.2, 0) is 4.79 Å². The predicted octanol–water partition coefficient (Wildman–Crippen LogP) is 1.62. The molecule has 1 heterocycles. The Hall–Kier alpha value is -0.570. The summed E-state index contributed by atoms with van der Waals surface area (Å²) >= 11 is 0. The second-order valence-electron chi connectivity index (χ2n) is 4.78. The Morgan fingerprint density at radius 2 is 2.27 bits per heavy atom. The van der Waals surface area contributed by atoms with E-state index in [0.717, 1.165) is 31.8 Å². The van der Waals surface area contributed by atoms with E-state index >= 15 is 0 Å². The van der Waals surface area contributed by atoms with Crippen molar-refractivity contribution < 1.29 is 4.79 Å². The standard InChI is InChI=1S/C12H24N2O/c1-3-11-4-5-12(15)14(7-6-11)9-10(2)8-13/h10-11H,3-9,13H2,1-2H3. The van der Waals surface area contributed by atoms with Gasteiger partial charge in [0, 0.05) is 19.5 Å². The van der Waals surface area contributed by atoms with Gasteiger partial charge >= 0.3 is 0 Å². The van der Waals surface area contributed by atoms with E-state index in [1.165, 1.54) is 12.8 Å². The minimum atomic E-state index is 0.325. The van der Waals surface area contributed by atoms with Gasteiger partial charge in [-0.25, -0.2) is 0 Å². The molecule has 1 rings (SSSR count). The van der Waals surface area contributed by atoms with Crippen LogP contribution in [0.5, 0.6) is 0 Å². The maximum Gasteiger partial charge on any atom is 0.222 e. The average Bonchev–Trinajstić information content (AvgIpc) is 2.42. The van der Waals surface area contributed by atoms with Crippen molar-refractivity contribution in [2.75, 3.05) is 19.6 Å². The van der Waals surface area contributed by atoms with E-state index < -0.39 is 0 Å². The van der Waals surface area contributed by atoms with Gasteiger partial charge in [-0.05, 0) is 31.2 Å². The van der Waals surface area contributed by atoms with Gasteiger partial charge in [0.2, 0.25) is 5.91 Å². The zero-order valence-corrected chi connectivity index (χ0v) is 10.0. The molecule has 0 spiro atoms. The molecule has 88 valence electrons. The summed E-state index contributed by atoms with van der Waals surface area (Å²) in [6.07, 6.45) is 4.17. The van der Waals surface area contributed by atoms with Crippen LogP contribution in [0.2, 0.25) is 0 Å². The predicted molar refractivity (Wildman–Crippen MR) is 62.4 cm³/mol. The summed E-state index contributed by atoms with van der Waals surface area (Å²) < 4.78 is 0. The fourth-order valence-electron chi connectivity index (χ4n) is 2.15. The number of likely N-dealkylation sites (tertiary alicyclic amines) is 1. The number of amides is 1. The molecule has 1 aliphatic heterocycles. The Morgan fingerprint density at radius 3 is 2.87 bits per heavy atom. The lowest BCUT2D eigenvalue weighted by molar-refractivity contribution is -0.131. The summed E-state index contributed by atoms with van der Waals surface area (Å²) in [6, 6.07) is 0. The molecule has 3 heteroatoms. The smallest absolute Gasteiger partial charge is 0.222 e. The lowest BCUT2D eigenvalue weighted by atomic mass is 9.98. The molecule has 2 atom stereocenters. The highest BCUT2D eigenvalue weighted by molar-refractivity contribution is 5.76. The largest absolute Gasteiger partial charge is 0.342 e. The molecule has 0 aliphatic carbocycles. The van der Waals surface area contributed by atoms with Crippen molar-refractivity contribution in [2.24, 2.45) is 17.6 Å². The second kappa shape index (κ2) is 6.11. The highest BCUT2D eigenvalue weighted by Crippen LogP contribution is 2.21. The van der Waals surface area contributed by atoms with Crippen LogP contribution < -0.4 is 5.73 Å². The number of nitrogens with zero attached hydrogens (tertiary/aromatic N) is 1. The lowest BCUT2D eigenvalue weighted by Crippen LogP contribution is -2.36. The van der Waals surface area contributed by atoms with Gasteiger partial charge in [-0.3, -0.25) is 4.79 Å². The van der Waals surface area contributed by atoms with E-state index in [0.29, 0.717) is 18.4 Å². The Morgan fingerprint density at radius 1 is 1.53 bits per heavy atom. The maximum atomic E-state index is 11.8. The molecular weight excluding hydrogens is 188 g/mol. The first kappa shape index (κ1) is 12.5. The monoisotopic (exact) mass is 212 g/mol. The van der Waals surface area contributed by atoms with Gasteiger partial charge in [0.05, 0.1) is 0 Å². The first-order chi connectivity index (χ1) is 7.17. The van der Waals surface area contributed by atoms with Crippen LogP contribution in [0.4, 0.5) is 0 Å². The Kier molecular flexibility index (Phi) is 5.09. The Labute approximate surface area is 93.0 Å². The molecule has 3 nitrogen and oxygen atoms in total. The highest BCUT2D eigenvalue weighted by atomic mass is 16.2. The molecule has 1 aliphatic rings. The molecule has 2 unspecified atom stereocenters. The van der Waals surface area contributed by atoms with Crippen molar-refractivity contribution in [1.29, 1.82) is 0 Å². The van der Waals surface area contributed by atoms with E-state index in [4.69, 9.17) is 5.73 Å². The minimum Gasteiger partial charge on any atom is -0.342 e. The zero-order valence-electron chi connectivity index (χ0n) is 10.0. The summed E-state index contributed by atoms with van der Waals surface area (Å²) in [7, 11) is 0. The number of carbonyl (C=O) groups is 1. The molecule has 0 saturated carbocycles. The van der Waals surface area contributed by atoms with Gasteiger partial charge in [-0.1, -0.05) is 20.3 Å². The van der Waals surface area contributed by atoms with Gasteiger partial charge < -0.3 is 10.6 Å². The molecule has 0 aromatic carbocycles. The summed E-state index contributed by atoms with van der Waals surface area (Å²) in [4.78, 5) is 13.8. The van der Waals surface area contributed by atoms with Crippen LogP contribution in [0, 0.1) is 11.8 Å². The summed E-state index contributed by atoms with van der Waals surface area (Å²) in [5.74, 6) is 1.49. The van der Waals surface area contributed by atoms with Gasteiger partial charge in [-0.15, -0.1) is 0 Å². The second-order valence-corrected chi connectivity index (χ2v) is 4.78. The highest BCUT2D eigenvalue weighted by Gasteiger charge is 2.22. The SMILES string of the molecule is CCC1CCC(=O)N(CC(C)CN)CC1. The molecule has 1 amide bonds. The third kappa shape index (κ3) is 3.82. The quantitative estimate of drug-likeness (QED) is 0.769. The van der Waals surface area contributed by atoms with E-state index in [1.54, 1.807) is 0 Å². The summed E-state index contributed by atoms with van der Waals surface area (Å²) in [5.41, 5.74) is 5.59. The van der Waals surface area contributed by atoms with Gasteiger partial charge in [0.25, 0.3) is 0 Å². The van der Waals surface area contributed by atoms with Crippen LogP contribution in [0.25, 0.3) is 0 Å². The topological polar surface area (TPSA) is 46.3 Å². The number of hydrogen-bond acceptors (Lipinski definition) is 2. The lowest BCUT2D eigenvalue weighted by Gasteiger charge is -2.23. The van der Waals surface area contributed by atoms with Gasteiger partial charge in [0.15, 0.2) is 0 Å². The van der Waals surface area contributed by atoms with E-state index in [-0.39, 0.29) is 0 Å². The summed E-state index contributed by atoms with van der Waals surface area (Å²) in [5, 5.41) is 0. The van der Waals surface area contributed by atoms with Crippen LogP contribution in [-0.4, -0.2) is 30.4 Å². The van der Waals surface area contributed by atoms with Crippen LogP contribution in [0.3, 0.4) is 0 Å². The normalized spacial score (nSPS) is 25.1. The van der Waals surface area contributed by atoms with Crippen molar-refractivity contribution in [3.8, 4) is 0 Å². The van der Waals surface area contributed by atoms with Crippen molar-refractivity contribution >= 4 is 5.91 Å². The van der Waals surface area contributed by atoms with Crippen LogP contribution in [0.15, 0.2) is 0 Å². The maximum absolute atomic E-state index is 11.8. The number of rotatable bonds is 4. The van der Waals surface area contributed by atoms with Gasteiger partial charge in [0.1, 0.15) is 0 Å². The van der Waals surface area contributed by atoms with Crippen molar-refractivity contribution in [2.45, 2.75) is 39.5 Å². The minimum absolute atomic E-state index is 0.325. The molecule has 0 aromatic rings. The number of nitrogens with two attached hydrogens (primary N) is 1. The molecule has 0 radical (unpaired) electrons. The van der Waals surface area contributed by atoms with Crippen LogP contribution in [0.1, 0.15) is 39.5 Å². The summed E-state index contributed by atoms with van der Waals surface area (Å²) in [6.45, 7) is 6.76. The number of carbonyl (C=O) groups excluding carboxylic acids is 1. The van der Waals surface area contributed by atoms with Crippen molar-refractivity contribution in [3.05, 3.63) is 0 Å². The van der Waals surface area contributed by atoms with E-state index in [9.17, 15) is 4.79 Å². The average molecular weight is 212 g/mol. The van der Waals surface area contributed by atoms with Crippen molar-refractivity contribution in [1.82, 2.24) is 4.90 Å².